The van der Waals surface area contributed by atoms with Gasteiger partial charge in [-0.05, 0) is 125 Å². The number of carbonyl (C=O) groups excluding carboxylic acids is 2. The second-order valence-electron chi connectivity index (χ2n) is 24.9. The van der Waals surface area contributed by atoms with Gasteiger partial charge in [-0.1, -0.05) is 54.6 Å². The Hall–Kier alpha value is -10.5. The summed E-state index contributed by atoms with van der Waals surface area (Å²) in [6.45, 7) is 11.5. The molecule has 13 rings (SSSR count). The number of ether oxygens (including phenoxy) is 3. The van der Waals surface area contributed by atoms with Crippen LogP contribution in [0.15, 0.2) is 165 Å². The molecule has 25 nitrogen and oxygen atoms in total. The number of rotatable bonds is 12. The molecule has 3 atom stereocenters. The number of esters is 2. The Morgan fingerprint density at radius 2 is 0.781 bits per heavy atom. The zero-order chi connectivity index (χ0) is 68.9. The molecule has 0 saturated carbocycles. The maximum Gasteiger partial charge on any atom is 0.322 e. The third-order valence-corrected chi connectivity index (χ3v) is 17.1. The minimum atomic E-state index is -3.70. The average molecular weight is 1350 g/mol. The Bertz CT molecular complexity index is 4860. The van der Waals surface area contributed by atoms with Crippen LogP contribution >= 0.6 is 0 Å². The van der Waals surface area contributed by atoms with E-state index < -0.39 is 72.4 Å². The zero-order valence-electron chi connectivity index (χ0n) is 52.9. The summed E-state index contributed by atoms with van der Waals surface area (Å²) in [5.74, 6) is -1.50. The van der Waals surface area contributed by atoms with E-state index in [-0.39, 0.29) is 101 Å². The van der Waals surface area contributed by atoms with Crippen LogP contribution in [0.3, 0.4) is 0 Å². The van der Waals surface area contributed by atoms with Gasteiger partial charge in [0.1, 0.15) is 35.4 Å². The number of hydrogen-bond donors (Lipinski definition) is 1. The van der Waals surface area contributed by atoms with E-state index in [2.05, 4.69) is 29.9 Å². The van der Waals surface area contributed by atoms with Crippen molar-refractivity contribution in [2.45, 2.75) is 109 Å². The van der Waals surface area contributed by atoms with E-state index in [0.29, 0.717) is 50.8 Å². The number of aromatic nitrogens is 12. The van der Waals surface area contributed by atoms with Gasteiger partial charge in [0.25, 0.3) is 16.7 Å². The molecule has 1 N–H and O–H groups in total. The highest BCUT2D eigenvalue weighted by Crippen LogP contribution is 2.37. The molecular weight excluding hydrogens is 1290 g/mol. The summed E-state index contributed by atoms with van der Waals surface area (Å²) in [5, 5.41) is 9.33. The lowest BCUT2D eigenvalue weighted by Gasteiger charge is -2.20. The van der Waals surface area contributed by atoms with Crippen molar-refractivity contribution in [2.24, 2.45) is 10.8 Å². The molecule has 3 aliphatic heterocycles. The predicted molar refractivity (Wildman–Crippen MR) is 343 cm³/mol. The van der Waals surface area contributed by atoms with Crippen LogP contribution in [0.4, 0.5) is 13.2 Å². The molecule has 30 heteroatoms. The van der Waals surface area contributed by atoms with Gasteiger partial charge < -0.3 is 19.3 Å². The largest absolute Gasteiger partial charge is 0.458 e. The van der Waals surface area contributed by atoms with E-state index in [1.807, 2.05) is 18.2 Å². The summed E-state index contributed by atoms with van der Waals surface area (Å²) < 4.78 is 115. The van der Waals surface area contributed by atoms with Crippen molar-refractivity contribution in [1.82, 2.24) is 58.0 Å². The van der Waals surface area contributed by atoms with Crippen LogP contribution in [0.2, 0.25) is 0 Å². The van der Waals surface area contributed by atoms with E-state index >= 15 is 0 Å². The fourth-order valence-corrected chi connectivity index (χ4v) is 11.9. The van der Waals surface area contributed by atoms with Crippen molar-refractivity contribution in [3.63, 3.8) is 0 Å². The smallest absolute Gasteiger partial charge is 0.322 e. The minimum Gasteiger partial charge on any atom is -0.458 e. The molecule has 0 bridgehead atoms. The molecule has 4 aromatic carbocycles. The normalized spacial score (nSPS) is 15.7. The van der Waals surface area contributed by atoms with Crippen molar-refractivity contribution in [3.8, 4) is 79.3 Å². The Morgan fingerprint density at radius 1 is 0.458 bits per heavy atom. The van der Waals surface area contributed by atoms with Crippen LogP contribution in [-0.4, -0.2) is 123 Å². The molecule has 498 valence electrons. The topological polar surface area (TPSA) is 308 Å². The SMILES string of the molecule is CC(C)(C)C(=O)OC1Cn2c(-c3ccnc(S(C)(=O)=O)n3)c(-c3ccc(F)cc3)c(=O)n2C1.CC(C)(C)C(=O)OC1Cn2c(-c3ccnc(S(C)(=O)=O)n3)c(-c3ccc(F)cc3)c(=O)n2C1.O=c1c(-c2ccc(F)cc2)c(-c2ccnc(Oc3ccccc3)n2)n2n1CC(O)C2. The van der Waals surface area contributed by atoms with Gasteiger partial charge in [-0.25, -0.2) is 69.0 Å². The lowest BCUT2D eigenvalue weighted by Crippen LogP contribution is -2.30. The highest BCUT2D eigenvalue weighted by atomic mass is 32.2. The molecule has 96 heavy (non-hydrogen) atoms. The standard InChI is InChI=1S/2C22H23FN4O5S.C22H17FN4O3/c2*1-22(2,3)20(29)32-15-11-26-18(16-9-10-24-21(25-16)33(4,30)31)17(19(28)27(26)12-15)13-5-7-14(23)8-6-13;23-15-8-6-14(7-9-15)19-20(26-12-16(28)13-27(26)21(19)29)18-10-11-24-22(25-18)30-17-4-2-1-3-5-17/h2*5-10,15H,11-12H2,1-4H3;1-11,16,28H,12-13H2. The van der Waals surface area contributed by atoms with Crippen LogP contribution in [0.5, 0.6) is 11.8 Å². The van der Waals surface area contributed by atoms with Crippen LogP contribution in [0.1, 0.15) is 41.5 Å². The fourth-order valence-electron chi connectivity index (χ4n) is 10.9. The molecule has 9 heterocycles. The van der Waals surface area contributed by atoms with Crippen LogP contribution in [0, 0.1) is 28.3 Å². The summed E-state index contributed by atoms with van der Waals surface area (Å²) >= 11 is 0. The van der Waals surface area contributed by atoms with Gasteiger partial charge >= 0.3 is 17.9 Å². The van der Waals surface area contributed by atoms with E-state index in [1.165, 1.54) is 99.2 Å². The molecule has 0 fully saturated rings. The first kappa shape index (κ1) is 67.0. The molecule has 0 spiro atoms. The van der Waals surface area contributed by atoms with Gasteiger partial charge in [-0.2, -0.15) is 4.98 Å². The second kappa shape index (κ2) is 26.0. The number of carbonyl (C=O) groups is 2. The number of nitrogens with zero attached hydrogens (tertiary/aromatic N) is 12. The lowest BCUT2D eigenvalue weighted by molar-refractivity contribution is -0.159. The Labute approximate surface area is 546 Å². The third kappa shape index (κ3) is 14.0. The summed E-state index contributed by atoms with van der Waals surface area (Å²) in [5.41, 5.74) is 2.02. The average Bonchev–Trinajstić information content (AvgIpc) is 1.60. The molecule has 10 aromatic rings. The van der Waals surface area contributed by atoms with Gasteiger partial charge in [0, 0.05) is 31.1 Å². The highest BCUT2D eigenvalue weighted by molar-refractivity contribution is 7.90. The van der Waals surface area contributed by atoms with Crippen LogP contribution in [0.25, 0.3) is 67.5 Å². The van der Waals surface area contributed by atoms with Gasteiger partial charge in [-0.3, -0.25) is 38.0 Å². The fraction of sp³-hybridized carbons (Fsp3) is 0.288. The van der Waals surface area contributed by atoms with Crippen molar-refractivity contribution in [3.05, 3.63) is 188 Å². The van der Waals surface area contributed by atoms with E-state index in [9.17, 15) is 59.1 Å². The van der Waals surface area contributed by atoms with Gasteiger partial charge in [0.15, 0.2) is 0 Å². The first-order valence-electron chi connectivity index (χ1n) is 29.8. The number of benzene rings is 4. The monoisotopic (exact) mass is 1350 g/mol. The molecule has 0 radical (unpaired) electrons. The zero-order valence-corrected chi connectivity index (χ0v) is 54.5. The third-order valence-electron chi connectivity index (χ3n) is 15.4. The number of para-hydroxylation sites is 1. The van der Waals surface area contributed by atoms with Gasteiger partial charge in [0.2, 0.25) is 30.0 Å². The van der Waals surface area contributed by atoms with Crippen molar-refractivity contribution < 1.29 is 58.9 Å². The number of aliphatic hydroxyl groups is 1. The van der Waals surface area contributed by atoms with E-state index in [1.54, 1.807) is 92.1 Å². The number of aliphatic hydroxyl groups excluding tert-OH is 1. The van der Waals surface area contributed by atoms with Gasteiger partial charge in [-0.15, -0.1) is 0 Å². The Morgan fingerprint density at radius 3 is 1.15 bits per heavy atom. The van der Waals surface area contributed by atoms with Crippen LogP contribution in [-0.2, 0) is 78.0 Å². The highest BCUT2D eigenvalue weighted by Gasteiger charge is 2.38. The first-order chi connectivity index (χ1) is 45.3. The molecular formula is C66H63F3N12O13S2. The summed E-state index contributed by atoms with van der Waals surface area (Å²) in [7, 11) is -7.40. The van der Waals surface area contributed by atoms with Crippen LogP contribution < -0.4 is 21.4 Å². The molecule has 0 amide bonds. The molecule has 3 unspecified atom stereocenters. The lowest BCUT2D eigenvalue weighted by atomic mass is 9.97. The van der Waals surface area contributed by atoms with Crippen molar-refractivity contribution in [1.29, 1.82) is 0 Å². The van der Waals surface area contributed by atoms with E-state index in [0.717, 1.165) is 12.5 Å². The van der Waals surface area contributed by atoms with E-state index in [4.69, 9.17) is 14.2 Å². The summed E-state index contributed by atoms with van der Waals surface area (Å²) in [6.07, 6.45) is 4.30. The molecule has 3 aliphatic rings. The first-order valence-corrected chi connectivity index (χ1v) is 33.6. The number of fused-ring (bicyclic) bond motifs is 3. The van der Waals surface area contributed by atoms with Gasteiger partial charge in [0.05, 0.1) is 107 Å². The summed E-state index contributed by atoms with van der Waals surface area (Å²) in [6, 6.07) is 30.5. The number of sulfone groups is 2. The minimum absolute atomic E-state index is 0.124. The Balaban J connectivity index is 0.000000146. The number of halogens is 3. The summed E-state index contributed by atoms with van der Waals surface area (Å²) in [4.78, 5) is 89.3. The van der Waals surface area contributed by atoms with Crippen molar-refractivity contribution in [2.75, 3.05) is 12.5 Å². The number of hydrogen-bond acceptors (Lipinski definition) is 19. The Kier molecular flexibility index (Phi) is 18.2. The molecule has 6 aromatic heterocycles. The second-order valence-corrected chi connectivity index (χ2v) is 28.8. The maximum absolute atomic E-state index is 13.5. The molecule has 0 saturated heterocycles. The van der Waals surface area contributed by atoms with Crippen molar-refractivity contribution >= 4 is 31.6 Å². The predicted octanol–water partition coefficient (Wildman–Crippen LogP) is 7.66. The quantitative estimate of drug-likeness (QED) is 0.0906. The molecule has 0 aliphatic carbocycles. The maximum atomic E-state index is 13.5.